The molecule has 3 rings (SSSR count). The van der Waals surface area contributed by atoms with Gasteiger partial charge < -0.3 is 15.8 Å². The molecule has 1 aliphatic rings. The largest absolute Gasteiger partial charge is 0.373 e. The number of hydrogen-bond acceptors (Lipinski definition) is 3. The number of nitrogens with zero attached hydrogens (tertiary/aromatic N) is 2. The minimum atomic E-state index is 0.272. The van der Waals surface area contributed by atoms with E-state index in [0.717, 1.165) is 25.3 Å². The fraction of sp³-hybridized carbons (Fsp3) is 0.409. The molecule has 3 N–H and O–H groups in total. The summed E-state index contributed by atoms with van der Waals surface area (Å²) < 4.78 is 5.84. The highest BCUT2D eigenvalue weighted by Crippen LogP contribution is 2.17. The molecule has 2 aromatic rings. The second-order valence-electron chi connectivity index (χ2n) is 7.41. The number of morpholine rings is 1. The van der Waals surface area contributed by atoms with Crippen molar-refractivity contribution >= 4 is 11.6 Å². The van der Waals surface area contributed by atoms with Crippen LogP contribution in [0.2, 0.25) is 0 Å². The second kappa shape index (κ2) is 9.02. The van der Waals surface area contributed by atoms with Crippen LogP contribution in [0.25, 0.3) is 0 Å². The van der Waals surface area contributed by atoms with Crippen LogP contribution >= 0.6 is 0 Å². The van der Waals surface area contributed by atoms with Crippen molar-refractivity contribution in [1.82, 2.24) is 4.90 Å². The summed E-state index contributed by atoms with van der Waals surface area (Å²) in [5, 5.41) is 3.15. The van der Waals surface area contributed by atoms with E-state index in [-0.39, 0.29) is 12.2 Å². The highest BCUT2D eigenvalue weighted by molar-refractivity contribution is 5.92. The third-order valence-corrected chi connectivity index (χ3v) is 4.75. The zero-order valence-electron chi connectivity index (χ0n) is 16.5. The molecule has 0 amide bonds. The maximum atomic E-state index is 6.07. The van der Waals surface area contributed by atoms with E-state index in [9.17, 15) is 0 Å². The third kappa shape index (κ3) is 5.81. The van der Waals surface area contributed by atoms with Gasteiger partial charge in [0, 0.05) is 25.3 Å². The Morgan fingerprint density at radius 1 is 1.07 bits per heavy atom. The Kier molecular flexibility index (Phi) is 6.48. The Labute approximate surface area is 162 Å². The lowest BCUT2D eigenvalue weighted by molar-refractivity contribution is -0.0705. The van der Waals surface area contributed by atoms with Crippen LogP contribution in [0.5, 0.6) is 0 Å². The second-order valence-corrected chi connectivity index (χ2v) is 7.41. The number of ether oxygens (including phenoxy) is 1. The molecule has 2 atom stereocenters. The summed E-state index contributed by atoms with van der Waals surface area (Å²) in [4.78, 5) is 6.99. The number of anilines is 1. The first kappa shape index (κ1) is 19.4. The number of nitrogens with one attached hydrogen (secondary N) is 1. The zero-order chi connectivity index (χ0) is 19.2. The van der Waals surface area contributed by atoms with Gasteiger partial charge in [-0.1, -0.05) is 42.0 Å². The lowest BCUT2D eigenvalue weighted by Gasteiger charge is -2.35. The summed E-state index contributed by atoms with van der Waals surface area (Å²) in [6.45, 7) is 9.73. The lowest BCUT2D eigenvalue weighted by Crippen LogP contribution is -2.44. The maximum Gasteiger partial charge on any atom is 0.193 e. The van der Waals surface area contributed by atoms with Gasteiger partial charge in [-0.15, -0.1) is 0 Å². The number of nitrogens with two attached hydrogens (primary N) is 1. The lowest BCUT2D eigenvalue weighted by atomic mass is 10.1. The summed E-state index contributed by atoms with van der Waals surface area (Å²) in [6.07, 6.45) is 0.543. The summed E-state index contributed by atoms with van der Waals surface area (Å²) in [5.41, 5.74) is 10.7. The van der Waals surface area contributed by atoms with Crippen LogP contribution in [0.3, 0.4) is 0 Å². The topological polar surface area (TPSA) is 62.9 Å². The average Bonchev–Trinajstić information content (AvgIpc) is 2.62. The first-order valence-electron chi connectivity index (χ1n) is 9.58. The van der Waals surface area contributed by atoms with E-state index in [0.29, 0.717) is 12.5 Å². The van der Waals surface area contributed by atoms with Gasteiger partial charge in [0.05, 0.1) is 18.8 Å². The molecule has 0 radical (unpaired) electrons. The van der Waals surface area contributed by atoms with Crippen molar-refractivity contribution in [2.45, 2.75) is 46.1 Å². The standard InChI is InChI=1S/C22H30N4O/c1-16-8-10-21(11-9-16)25-22(23)24-12-19-6-4-5-7-20(19)15-26-13-17(2)27-18(3)14-26/h4-11,17-18H,12-15H2,1-3H3,(H3,23,24,25). The third-order valence-electron chi connectivity index (χ3n) is 4.75. The van der Waals surface area contributed by atoms with Gasteiger partial charge in [0.25, 0.3) is 0 Å². The van der Waals surface area contributed by atoms with Crippen molar-refractivity contribution < 1.29 is 4.74 Å². The Morgan fingerprint density at radius 3 is 2.37 bits per heavy atom. The van der Waals surface area contributed by atoms with Gasteiger partial charge >= 0.3 is 0 Å². The Morgan fingerprint density at radius 2 is 1.70 bits per heavy atom. The van der Waals surface area contributed by atoms with Gasteiger partial charge in [-0.3, -0.25) is 4.90 Å². The minimum Gasteiger partial charge on any atom is -0.373 e. The Hall–Kier alpha value is -2.37. The molecule has 0 bridgehead atoms. The molecule has 0 spiro atoms. The molecule has 0 aliphatic carbocycles. The van der Waals surface area contributed by atoms with Crippen molar-refractivity contribution in [1.29, 1.82) is 0 Å². The van der Waals surface area contributed by atoms with Gasteiger partial charge in [-0.05, 0) is 44.0 Å². The number of rotatable bonds is 5. The quantitative estimate of drug-likeness (QED) is 0.628. The van der Waals surface area contributed by atoms with Crippen LogP contribution in [-0.2, 0) is 17.8 Å². The van der Waals surface area contributed by atoms with Crippen LogP contribution < -0.4 is 11.1 Å². The number of guanidine groups is 1. The Balaban J connectivity index is 1.64. The molecule has 5 nitrogen and oxygen atoms in total. The molecule has 2 aromatic carbocycles. The molecule has 1 heterocycles. The van der Waals surface area contributed by atoms with E-state index in [4.69, 9.17) is 10.5 Å². The van der Waals surface area contributed by atoms with Crippen LogP contribution in [0, 0.1) is 6.92 Å². The predicted molar refractivity (Wildman–Crippen MR) is 112 cm³/mol. The maximum absolute atomic E-state index is 6.07. The van der Waals surface area contributed by atoms with Gasteiger partial charge in [-0.2, -0.15) is 0 Å². The molecule has 1 saturated heterocycles. The number of hydrogen-bond donors (Lipinski definition) is 2. The highest BCUT2D eigenvalue weighted by Gasteiger charge is 2.22. The van der Waals surface area contributed by atoms with E-state index in [1.807, 2.05) is 12.1 Å². The molecular weight excluding hydrogens is 336 g/mol. The van der Waals surface area contributed by atoms with Gasteiger partial charge in [0.1, 0.15) is 0 Å². The molecule has 1 fully saturated rings. The monoisotopic (exact) mass is 366 g/mol. The zero-order valence-corrected chi connectivity index (χ0v) is 16.5. The first-order chi connectivity index (χ1) is 13.0. The smallest absolute Gasteiger partial charge is 0.193 e. The minimum absolute atomic E-state index is 0.272. The molecule has 5 heteroatoms. The predicted octanol–water partition coefficient (Wildman–Crippen LogP) is 3.53. The van der Waals surface area contributed by atoms with Crippen LogP contribution in [0.15, 0.2) is 53.5 Å². The number of benzene rings is 2. The molecule has 144 valence electrons. The molecular formula is C22H30N4O. The van der Waals surface area contributed by atoms with Crippen molar-refractivity contribution in [3.8, 4) is 0 Å². The summed E-state index contributed by atoms with van der Waals surface area (Å²) in [5.74, 6) is 0.433. The molecule has 0 aromatic heterocycles. The van der Waals surface area contributed by atoms with Gasteiger partial charge in [-0.25, -0.2) is 4.99 Å². The van der Waals surface area contributed by atoms with Crippen LogP contribution in [-0.4, -0.2) is 36.2 Å². The van der Waals surface area contributed by atoms with E-state index < -0.39 is 0 Å². The fourth-order valence-corrected chi connectivity index (χ4v) is 3.52. The molecule has 2 unspecified atom stereocenters. The van der Waals surface area contributed by atoms with Crippen molar-refractivity contribution in [3.05, 3.63) is 65.2 Å². The van der Waals surface area contributed by atoms with E-state index in [1.165, 1.54) is 16.7 Å². The van der Waals surface area contributed by atoms with Crippen molar-refractivity contribution in [3.63, 3.8) is 0 Å². The van der Waals surface area contributed by atoms with Gasteiger partial charge in [0.15, 0.2) is 5.96 Å². The number of aryl methyl sites for hydroxylation is 1. The molecule has 0 saturated carbocycles. The van der Waals surface area contributed by atoms with E-state index in [2.05, 4.69) is 72.4 Å². The van der Waals surface area contributed by atoms with Crippen LogP contribution in [0.1, 0.15) is 30.5 Å². The Bertz CT molecular complexity index is 762. The van der Waals surface area contributed by atoms with Crippen molar-refractivity contribution in [2.24, 2.45) is 10.7 Å². The van der Waals surface area contributed by atoms with E-state index in [1.54, 1.807) is 0 Å². The summed E-state index contributed by atoms with van der Waals surface area (Å²) in [6, 6.07) is 16.6. The molecule has 1 aliphatic heterocycles. The first-order valence-corrected chi connectivity index (χ1v) is 9.58. The van der Waals surface area contributed by atoms with E-state index >= 15 is 0 Å². The van der Waals surface area contributed by atoms with Crippen LogP contribution in [0.4, 0.5) is 5.69 Å². The molecule has 27 heavy (non-hydrogen) atoms. The normalized spacial score (nSPS) is 21.2. The SMILES string of the molecule is Cc1ccc(NC(N)=NCc2ccccc2CN2CC(C)OC(C)C2)cc1. The van der Waals surface area contributed by atoms with Gasteiger partial charge in [0.2, 0.25) is 0 Å². The summed E-state index contributed by atoms with van der Waals surface area (Å²) in [7, 11) is 0. The van der Waals surface area contributed by atoms with Crippen molar-refractivity contribution in [2.75, 3.05) is 18.4 Å². The number of aliphatic imine (C=N–C) groups is 1. The average molecular weight is 367 g/mol. The summed E-state index contributed by atoms with van der Waals surface area (Å²) >= 11 is 0. The fourth-order valence-electron chi connectivity index (χ4n) is 3.52. The highest BCUT2D eigenvalue weighted by atomic mass is 16.5.